The molecule has 1 atom stereocenters. The van der Waals surface area contributed by atoms with Crippen LogP contribution in [0.4, 0.5) is 0 Å². The normalized spacial score (nSPS) is 16.9. The Morgan fingerprint density at radius 3 is 2.85 bits per heavy atom. The Hall–Kier alpha value is -3.15. The Balaban J connectivity index is 1.47. The maximum absolute atomic E-state index is 12.4. The fourth-order valence-corrected chi connectivity index (χ4v) is 3.19. The van der Waals surface area contributed by atoms with Crippen molar-refractivity contribution < 1.29 is 14.1 Å². The van der Waals surface area contributed by atoms with Crippen molar-refractivity contribution in [1.82, 2.24) is 15.0 Å². The average Bonchev–Trinajstić information content (AvgIpc) is 3.30. The Morgan fingerprint density at radius 1 is 1.19 bits per heavy atom. The number of nitrogens with zero attached hydrogens (tertiary/aromatic N) is 3. The summed E-state index contributed by atoms with van der Waals surface area (Å²) in [5.74, 6) is 1.88. The van der Waals surface area contributed by atoms with Crippen LogP contribution in [0.1, 0.15) is 23.8 Å². The summed E-state index contributed by atoms with van der Waals surface area (Å²) in [6.07, 6.45) is 0.389. The van der Waals surface area contributed by atoms with Gasteiger partial charge < -0.3 is 14.2 Å². The molecule has 0 saturated carbocycles. The van der Waals surface area contributed by atoms with Crippen molar-refractivity contribution in [1.29, 1.82) is 0 Å². The van der Waals surface area contributed by atoms with Crippen molar-refractivity contribution in [2.24, 2.45) is 0 Å². The number of hydrogen-bond acceptors (Lipinski definition) is 5. The van der Waals surface area contributed by atoms with Crippen molar-refractivity contribution in [3.05, 3.63) is 66.1 Å². The molecule has 1 unspecified atom stereocenters. The summed E-state index contributed by atoms with van der Waals surface area (Å²) >= 11 is 0. The largest absolute Gasteiger partial charge is 0.497 e. The monoisotopic (exact) mass is 349 g/mol. The van der Waals surface area contributed by atoms with Crippen LogP contribution in [0, 0.1) is 0 Å². The summed E-state index contributed by atoms with van der Waals surface area (Å²) in [5, 5.41) is 4.06. The number of carbonyl (C=O) groups excluding carboxylic acids is 1. The number of carbonyl (C=O) groups is 1. The lowest BCUT2D eigenvalue weighted by atomic mass is 10.1. The minimum Gasteiger partial charge on any atom is -0.497 e. The van der Waals surface area contributed by atoms with Crippen LogP contribution in [0.3, 0.4) is 0 Å². The molecule has 0 aliphatic carbocycles. The van der Waals surface area contributed by atoms with Crippen LogP contribution in [-0.2, 0) is 11.3 Å². The molecule has 2 aromatic carbocycles. The number of likely N-dealkylation sites (tertiary alicyclic amines) is 1. The van der Waals surface area contributed by atoms with E-state index in [9.17, 15) is 4.79 Å². The van der Waals surface area contributed by atoms with Gasteiger partial charge in [-0.15, -0.1) is 0 Å². The van der Waals surface area contributed by atoms with Crippen LogP contribution < -0.4 is 4.74 Å². The van der Waals surface area contributed by atoms with Gasteiger partial charge in [-0.1, -0.05) is 47.6 Å². The summed E-state index contributed by atoms with van der Waals surface area (Å²) in [6.45, 7) is 1.12. The summed E-state index contributed by atoms with van der Waals surface area (Å²) in [4.78, 5) is 18.7. The van der Waals surface area contributed by atoms with E-state index >= 15 is 0 Å². The molecule has 0 N–H and O–H groups in total. The van der Waals surface area contributed by atoms with Gasteiger partial charge in [-0.3, -0.25) is 4.79 Å². The molecule has 1 amide bonds. The topological polar surface area (TPSA) is 68.5 Å². The number of amides is 1. The second-order valence-corrected chi connectivity index (χ2v) is 6.35. The summed E-state index contributed by atoms with van der Waals surface area (Å²) in [7, 11) is 1.63. The molecular weight excluding hydrogens is 330 g/mol. The predicted molar refractivity (Wildman–Crippen MR) is 95.5 cm³/mol. The first-order chi connectivity index (χ1) is 12.7. The molecule has 0 spiro atoms. The SMILES string of the molecule is COc1cccc(CN2CC(c3nc(-c4ccccc4)no3)CC2=O)c1. The Bertz CT molecular complexity index is 907. The highest BCUT2D eigenvalue weighted by molar-refractivity contribution is 5.79. The fraction of sp³-hybridized carbons (Fsp3) is 0.250. The van der Waals surface area contributed by atoms with Gasteiger partial charge in [0, 0.05) is 25.1 Å². The minimum atomic E-state index is -0.0712. The number of rotatable bonds is 5. The van der Waals surface area contributed by atoms with E-state index in [2.05, 4.69) is 10.1 Å². The van der Waals surface area contributed by atoms with E-state index in [0.29, 0.717) is 31.2 Å². The van der Waals surface area contributed by atoms with E-state index in [-0.39, 0.29) is 11.8 Å². The molecule has 132 valence electrons. The van der Waals surface area contributed by atoms with Gasteiger partial charge in [0.1, 0.15) is 5.75 Å². The van der Waals surface area contributed by atoms with E-state index in [4.69, 9.17) is 9.26 Å². The molecule has 1 saturated heterocycles. The smallest absolute Gasteiger partial charge is 0.232 e. The third-order valence-corrected chi connectivity index (χ3v) is 4.55. The van der Waals surface area contributed by atoms with Gasteiger partial charge in [-0.05, 0) is 17.7 Å². The zero-order valence-corrected chi connectivity index (χ0v) is 14.5. The van der Waals surface area contributed by atoms with E-state index in [1.165, 1.54) is 0 Å². The third kappa shape index (κ3) is 3.31. The molecule has 2 heterocycles. The van der Waals surface area contributed by atoms with Crippen molar-refractivity contribution >= 4 is 5.91 Å². The van der Waals surface area contributed by atoms with Crippen LogP contribution in [0.5, 0.6) is 5.75 Å². The van der Waals surface area contributed by atoms with Gasteiger partial charge in [-0.2, -0.15) is 4.98 Å². The molecule has 6 heteroatoms. The first kappa shape index (κ1) is 16.3. The molecule has 26 heavy (non-hydrogen) atoms. The summed E-state index contributed by atoms with van der Waals surface area (Å²) in [5.41, 5.74) is 1.94. The Labute approximate surface area is 151 Å². The van der Waals surface area contributed by atoms with Gasteiger partial charge in [-0.25, -0.2) is 0 Å². The van der Waals surface area contributed by atoms with Crippen molar-refractivity contribution in [3.8, 4) is 17.1 Å². The zero-order chi connectivity index (χ0) is 17.9. The molecule has 1 aliphatic heterocycles. The predicted octanol–water partition coefficient (Wildman–Crippen LogP) is 3.26. The summed E-state index contributed by atoms with van der Waals surface area (Å²) in [6, 6.07) is 17.4. The molecule has 3 aromatic rings. The quantitative estimate of drug-likeness (QED) is 0.707. The van der Waals surface area contributed by atoms with E-state index < -0.39 is 0 Å². The van der Waals surface area contributed by atoms with Crippen molar-refractivity contribution in [2.45, 2.75) is 18.9 Å². The number of aromatic nitrogens is 2. The molecule has 1 aromatic heterocycles. The lowest BCUT2D eigenvalue weighted by Crippen LogP contribution is -2.24. The van der Waals surface area contributed by atoms with Crippen LogP contribution in [0.25, 0.3) is 11.4 Å². The van der Waals surface area contributed by atoms with Gasteiger partial charge >= 0.3 is 0 Å². The molecule has 1 fully saturated rings. The first-order valence-electron chi connectivity index (χ1n) is 8.52. The number of hydrogen-bond donors (Lipinski definition) is 0. The maximum atomic E-state index is 12.4. The highest BCUT2D eigenvalue weighted by Gasteiger charge is 2.34. The van der Waals surface area contributed by atoms with E-state index in [1.807, 2.05) is 59.5 Å². The second-order valence-electron chi connectivity index (χ2n) is 6.35. The van der Waals surface area contributed by atoms with Gasteiger partial charge in [0.15, 0.2) is 0 Å². The van der Waals surface area contributed by atoms with Crippen LogP contribution in [-0.4, -0.2) is 34.6 Å². The molecule has 0 radical (unpaired) electrons. The lowest BCUT2D eigenvalue weighted by molar-refractivity contribution is -0.128. The highest BCUT2D eigenvalue weighted by atomic mass is 16.5. The standard InChI is InChI=1S/C20H19N3O3/c1-25-17-9-5-6-14(10-17)12-23-13-16(11-18(23)24)20-21-19(22-26-20)15-7-3-2-4-8-15/h2-10,16H,11-13H2,1H3. The first-order valence-corrected chi connectivity index (χ1v) is 8.52. The number of benzene rings is 2. The van der Waals surface area contributed by atoms with Crippen LogP contribution in [0.2, 0.25) is 0 Å². The van der Waals surface area contributed by atoms with Gasteiger partial charge in [0.25, 0.3) is 0 Å². The van der Waals surface area contributed by atoms with Crippen LogP contribution in [0.15, 0.2) is 59.1 Å². The third-order valence-electron chi connectivity index (χ3n) is 4.55. The molecule has 0 bridgehead atoms. The van der Waals surface area contributed by atoms with E-state index in [1.54, 1.807) is 7.11 Å². The van der Waals surface area contributed by atoms with Crippen LogP contribution >= 0.6 is 0 Å². The van der Waals surface area contributed by atoms with Crippen molar-refractivity contribution in [3.63, 3.8) is 0 Å². The Morgan fingerprint density at radius 2 is 2.04 bits per heavy atom. The van der Waals surface area contributed by atoms with Gasteiger partial charge in [0.05, 0.1) is 13.0 Å². The number of methoxy groups -OCH3 is 1. The van der Waals surface area contributed by atoms with Crippen molar-refractivity contribution in [2.75, 3.05) is 13.7 Å². The molecule has 4 rings (SSSR count). The van der Waals surface area contributed by atoms with Gasteiger partial charge in [0.2, 0.25) is 17.6 Å². The number of ether oxygens (including phenoxy) is 1. The lowest BCUT2D eigenvalue weighted by Gasteiger charge is -2.16. The zero-order valence-electron chi connectivity index (χ0n) is 14.5. The average molecular weight is 349 g/mol. The second kappa shape index (κ2) is 7.00. The fourth-order valence-electron chi connectivity index (χ4n) is 3.19. The minimum absolute atomic E-state index is 0.0712. The summed E-state index contributed by atoms with van der Waals surface area (Å²) < 4.78 is 10.7. The van der Waals surface area contributed by atoms with E-state index in [0.717, 1.165) is 16.9 Å². The maximum Gasteiger partial charge on any atom is 0.232 e. The molecule has 1 aliphatic rings. The Kier molecular flexibility index (Phi) is 4.39. The molecular formula is C20H19N3O3. The molecule has 6 nitrogen and oxygen atoms in total. The highest BCUT2D eigenvalue weighted by Crippen LogP contribution is 2.30.